The van der Waals surface area contributed by atoms with Crippen molar-refractivity contribution in [2.24, 2.45) is 0 Å². The molecule has 0 aliphatic carbocycles. The van der Waals surface area contributed by atoms with E-state index in [4.69, 9.17) is 107 Å². The zero-order chi connectivity index (χ0) is 19.5. The van der Waals surface area contributed by atoms with Gasteiger partial charge in [0, 0.05) is 27.7 Å². The molecule has 0 N–H and O–H groups in total. The first kappa shape index (κ1) is 23.0. The summed E-state index contributed by atoms with van der Waals surface area (Å²) in [5.74, 6) is 0.253. The van der Waals surface area contributed by atoms with Crippen molar-refractivity contribution in [3.63, 3.8) is 0 Å². The predicted molar refractivity (Wildman–Crippen MR) is 115 cm³/mol. The zero-order valence-corrected chi connectivity index (χ0v) is 19.5. The van der Waals surface area contributed by atoms with Crippen molar-refractivity contribution >= 4 is 99.7 Å². The van der Waals surface area contributed by atoms with Crippen molar-refractivity contribution < 1.29 is 13.6 Å². The van der Waals surface area contributed by atoms with Gasteiger partial charge in [0.2, 0.25) is 0 Å². The van der Waals surface area contributed by atoms with Crippen LogP contribution in [0.2, 0.25) is 30.1 Å². The molecule has 0 amide bonds. The van der Waals surface area contributed by atoms with E-state index in [9.17, 15) is 0 Å². The third kappa shape index (κ3) is 6.09. The Balaban J connectivity index is 2.42. The lowest BCUT2D eigenvalue weighted by Crippen LogP contribution is -2.07. The Hall–Kier alpha value is 0.680. The van der Waals surface area contributed by atoms with Crippen LogP contribution in [0.5, 0.6) is 11.5 Å². The molecule has 0 fully saturated rings. The normalized spacial score (nSPS) is 11.5. The molecule has 0 saturated heterocycles. The number of alkyl halides is 1. The van der Waals surface area contributed by atoms with Gasteiger partial charge < -0.3 is 9.05 Å². The Morgan fingerprint density at radius 3 is 1.38 bits per heavy atom. The van der Waals surface area contributed by atoms with E-state index in [2.05, 4.69) is 0 Å². The molecule has 0 bridgehead atoms. The van der Waals surface area contributed by atoms with Crippen molar-refractivity contribution in [2.45, 2.75) is 0 Å². The minimum Gasteiger partial charge on any atom is -0.412 e. The quantitative estimate of drug-likeness (QED) is 0.262. The molecule has 0 radical (unpaired) electrons. The smallest absolute Gasteiger partial charge is 0.412 e. The van der Waals surface area contributed by atoms with Crippen LogP contribution < -0.4 is 9.05 Å². The van der Waals surface area contributed by atoms with Crippen molar-refractivity contribution in [2.75, 3.05) is 12.5 Å². The van der Waals surface area contributed by atoms with Gasteiger partial charge in [-0.25, -0.2) is 0 Å². The minimum atomic E-state index is -3.49. The molecule has 0 heterocycles. The van der Waals surface area contributed by atoms with Gasteiger partial charge in [-0.05, 0) is 24.3 Å². The monoisotopic (exact) mass is 532 g/mol. The molecule has 0 aliphatic heterocycles. The average molecular weight is 535 g/mol. The highest BCUT2D eigenvalue weighted by Gasteiger charge is 2.29. The van der Waals surface area contributed by atoms with Crippen LogP contribution in [0.4, 0.5) is 0 Å². The van der Waals surface area contributed by atoms with Gasteiger partial charge in [-0.1, -0.05) is 69.6 Å². The van der Waals surface area contributed by atoms with Gasteiger partial charge in [-0.3, -0.25) is 4.52 Å². The predicted octanol–water partition coefficient (Wildman–Crippen LogP) is 8.54. The molecule has 0 saturated carbocycles. The number of rotatable bonds is 7. The van der Waals surface area contributed by atoms with Crippen LogP contribution in [-0.2, 0) is 16.3 Å². The second-order valence-corrected chi connectivity index (χ2v) is 10.3. The maximum Gasteiger partial charge on any atom is 0.435 e. The second kappa shape index (κ2) is 9.93. The van der Waals surface area contributed by atoms with Crippen LogP contribution in [0.1, 0.15) is 0 Å². The summed E-state index contributed by atoms with van der Waals surface area (Å²) in [5, 5.41) is 1.16. The fraction of sp³-hybridized carbons (Fsp3) is 0.143. The summed E-state index contributed by atoms with van der Waals surface area (Å²) < 4.78 is 16.9. The lowest BCUT2D eigenvalue weighted by molar-refractivity contribution is 0.278. The molecule has 2 rings (SSSR count). The van der Waals surface area contributed by atoms with E-state index in [1.807, 2.05) is 0 Å². The molecule has 0 unspecified atom stereocenters. The lowest BCUT2D eigenvalue weighted by Gasteiger charge is -2.24. The van der Waals surface area contributed by atoms with Crippen molar-refractivity contribution in [3.05, 3.63) is 54.4 Å². The Bertz CT molecular complexity index is 755. The van der Waals surface area contributed by atoms with Gasteiger partial charge in [-0.15, -0.1) is 11.6 Å². The molecule has 26 heavy (non-hydrogen) atoms. The minimum absolute atomic E-state index is 0.0461. The molecule has 2 aromatic carbocycles. The van der Waals surface area contributed by atoms with Crippen LogP contribution in [-0.4, -0.2) is 12.5 Å². The highest BCUT2D eigenvalue weighted by molar-refractivity contribution is 8.07. The first-order valence-corrected chi connectivity index (χ1v) is 12.0. The van der Waals surface area contributed by atoms with Crippen LogP contribution in [0.25, 0.3) is 0 Å². The highest BCUT2D eigenvalue weighted by atomic mass is 35.5. The van der Waals surface area contributed by atoms with E-state index in [-0.39, 0.29) is 44.1 Å². The fourth-order valence-electron chi connectivity index (χ4n) is 1.67. The van der Waals surface area contributed by atoms with E-state index in [0.29, 0.717) is 10.0 Å². The van der Waals surface area contributed by atoms with Crippen LogP contribution in [0.15, 0.2) is 24.3 Å². The van der Waals surface area contributed by atoms with E-state index < -0.39 is 6.72 Å². The topological polar surface area (TPSA) is 27.7 Å². The summed E-state index contributed by atoms with van der Waals surface area (Å²) in [4.78, 5) is 0. The molecule has 12 heteroatoms. The maximum atomic E-state index is 6.13. The van der Waals surface area contributed by atoms with Crippen molar-refractivity contribution in [1.82, 2.24) is 0 Å². The summed E-state index contributed by atoms with van der Waals surface area (Å²) in [6, 6.07) is 5.75. The van der Waals surface area contributed by atoms with Crippen molar-refractivity contribution in [1.29, 1.82) is 0 Å². The first-order valence-electron chi connectivity index (χ1n) is 6.64. The van der Waals surface area contributed by atoms with E-state index in [0.717, 1.165) is 0 Å². The van der Waals surface area contributed by atoms with E-state index >= 15 is 0 Å². The van der Waals surface area contributed by atoms with Gasteiger partial charge in [0.25, 0.3) is 0 Å². The Kier molecular flexibility index (Phi) is 8.77. The Morgan fingerprint density at radius 2 is 1.08 bits per heavy atom. The SMILES string of the molecule is S=P(OCCCl)(Oc1c(Cl)cc(Cl)cc1Cl)Oc1c(Cl)cc(Cl)cc1Cl. The third-order valence-corrected chi connectivity index (χ3v) is 6.45. The van der Waals surface area contributed by atoms with Crippen molar-refractivity contribution in [3.8, 4) is 11.5 Å². The molecule has 0 atom stereocenters. The lowest BCUT2D eigenvalue weighted by atomic mass is 10.3. The van der Waals surface area contributed by atoms with Gasteiger partial charge in [0.05, 0.1) is 26.7 Å². The number of hydrogen-bond donors (Lipinski definition) is 0. The van der Waals surface area contributed by atoms with E-state index in [1.165, 1.54) is 24.3 Å². The summed E-state index contributed by atoms with van der Waals surface area (Å²) in [5.41, 5.74) is 0. The fourth-order valence-corrected chi connectivity index (χ4v) is 5.83. The molecule has 0 spiro atoms. The molecule has 0 aliphatic rings. The molecule has 2 aromatic rings. The van der Waals surface area contributed by atoms with Gasteiger partial charge in [0.15, 0.2) is 11.5 Å². The molecule has 0 aromatic heterocycles. The van der Waals surface area contributed by atoms with E-state index in [1.54, 1.807) is 0 Å². The number of benzene rings is 2. The molecular formula is C14H8Cl7O3PS. The maximum absolute atomic E-state index is 6.13. The highest BCUT2D eigenvalue weighted by Crippen LogP contribution is 2.55. The summed E-state index contributed by atoms with van der Waals surface area (Å²) in [7, 11) is 0. The summed E-state index contributed by atoms with van der Waals surface area (Å²) in [6.07, 6.45) is 0. The summed E-state index contributed by atoms with van der Waals surface area (Å²) in [6.45, 7) is -3.45. The van der Waals surface area contributed by atoms with Gasteiger partial charge in [0.1, 0.15) is 0 Å². The average Bonchev–Trinajstić information content (AvgIpc) is 2.53. The Labute approximate surface area is 190 Å². The second-order valence-electron chi connectivity index (χ2n) is 4.55. The first-order chi connectivity index (χ1) is 12.1. The van der Waals surface area contributed by atoms with Crippen LogP contribution in [0.3, 0.4) is 0 Å². The standard InChI is InChI=1S/C14H8Cl7O3PS/c15-1-2-22-25(26,23-13-9(18)3-7(16)4-10(13)19)24-14-11(20)5-8(17)6-12(14)21/h3-6H,1-2H2. The van der Waals surface area contributed by atoms with Crippen LogP contribution >= 0.6 is 87.9 Å². The zero-order valence-electron chi connectivity index (χ0n) is 12.4. The molecule has 3 nitrogen and oxygen atoms in total. The van der Waals surface area contributed by atoms with Gasteiger partial charge >= 0.3 is 6.72 Å². The van der Waals surface area contributed by atoms with Crippen LogP contribution in [0, 0.1) is 0 Å². The molecular weight excluding hydrogens is 527 g/mol. The third-order valence-electron chi connectivity index (χ3n) is 2.66. The number of halogens is 7. The largest absolute Gasteiger partial charge is 0.435 e. The van der Waals surface area contributed by atoms with Gasteiger partial charge in [-0.2, -0.15) is 0 Å². The summed E-state index contributed by atoms with van der Waals surface area (Å²) >= 11 is 47.4. The Morgan fingerprint density at radius 1 is 0.731 bits per heavy atom. The number of hydrogen-bond acceptors (Lipinski definition) is 4. The molecule has 142 valence electrons.